The average Bonchev–Trinajstić information content (AvgIpc) is 3.85. The van der Waals surface area contributed by atoms with Crippen molar-refractivity contribution in [3.05, 3.63) is 223 Å². The Hall–Kier alpha value is -6.42. The maximum Gasteiger partial charge on any atom is 0.135 e. The van der Waals surface area contributed by atoms with E-state index in [0.29, 0.717) is 11.5 Å². The molecule has 0 spiro atoms. The number of anilines is 4. The van der Waals surface area contributed by atoms with Crippen LogP contribution in [-0.2, 0) is 37.3 Å². The maximum absolute atomic E-state index is 6.68. The third kappa shape index (κ3) is 7.71. The van der Waals surface area contributed by atoms with Crippen molar-refractivity contribution in [2.45, 2.75) is 64.7 Å². The van der Waals surface area contributed by atoms with Gasteiger partial charge in [-0.15, -0.1) is 48.1 Å². The zero-order valence-corrected chi connectivity index (χ0v) is 39.6. The van der Waals surface area contributed by atoms with Gasteiger partial charge in [0.25, 0.3) is 0 Å². The van der Waals surface area contributed by atoms with Gasteiger partial charge < -0.3 is 19.1 Å². The molecule has 1 aliphatic rings. The zero-order valence-electron chi connectivity index (χ0n) is 37.3. The first-order chi connectivity index (χ1) is 30.4. The SMILES string of the molecule is CC(C)(C)c1ccnc(-n2c3[c-]c(Oc4[c-]c(N5[CH-]N(c6cccc(C(C)(C)c7ccccc7)c6)c6ccc(C(C)(C)c7ccccc7)cc65)ccc4)ccc3c3ccccc32)c1.[Pt]. The molecule has 0 unspecified atom stereocenters. The van der Waals surface area contributed by atoms with Crippen LogP contribution >= 0.6 is 0 Å². The summed E-state index contributed by atoms with van der Waals surface area (Å²) in [4.78, 5) is 9.40. The van der Waals surface area contributed by atoms with Crippen molar-refractivity contribution >= 4 is 44.6 Å². The first-order valence-corrected chi connectivity index (χ1v) is 21.8. The van der Waals surface area contributed by atoms with Gasteiger partial charge in [0.15, 0.2) is 0 Å². The molecule has 322 valence electrons. The van der Waals surface area contributed by atoms with Crippen LogP contribution in [0.3, 0.4) is 0 Å². The average molecular weight is 1020 g/mol. The fraction of sp³-hybridized carbons (Fsp3) is 0.172. The Morgan fingerprint density at radius 1 is 0.500 bits per heavy atom. The molecular weight excluding hydrogens is 964 g/mol. The maximum atomic E-state index is 6.68. The largest absolute Gasteiger partial charge is 0.509 e. The normalized spacial score (nSPS) is 13.0. The van der Waals surface area contributed by atoms with Crippen LogP contribution in [0, 0.1) is 18.8 Å². The van der Waals surface area contributed by atoms with Gasteiger partial charge in [-0.05, 0) is 81.1 Å². The molecule has 64 heavy (non-hydrogen) atoms. The number of fused-ring (bicyclic) bond motifs is 4. The van der Waals surface area contributed by atoms with E-state index >= 15 is 0 Å². The molecule has 0 bridgehead atoms. The molecule has 10 rings (SSSR count). The van der Waals surface area contributed by atoms with E-state index in [-0.39, 0.29) is 37.3 Å². The van der Waals surface area contributed by atoms with Crippen LogP contribution in [0.5, 0.6) is 11.5 Å². The minimum atomic E-state index is -0.232. The minimum absolute atomic E-state index is 0. The van der Waals surface area contributed by atoms with Crippen LogP contribution in [0.2, 0.25) is 0 Å². The Kier molecular flexibility index (Phi) is 11.1. The number of hydrogen-bond acceptors (Lipinski definition) is 4. The van der Waals surface area contributed by atoms with Gasteiger partial charge in [0, 0.05) is 72.2 Å². The molecule has 0 atom stereocenters. The second-order valence-electron chi connectivity index (χ2n) is 18.7. The fourth-order valence-electron chi connectivity index (χ4n) is 8.97. The third-order valence-corrected chi connectivity index (χ3v) is 12.9. The van der Waals surface area contributed by atoms with Crippen molar-refractivity contribution in [1.82, 2.24) is 9.55 Å². The summed E-state index contributed by atoms with van der Waals surface area (Å²) in [5, 5.41) is 2.23. The predicted octanol–water partition coefficient (Wildman–Crippen LogP) is 14.9. The first kappa shape index (κ1) is 42.9. The molecule has 3 heterocycles. The molecule has 7 aromatic carbocycles. The van der Waals surface area contributed by atoms with Gasteiger partial charge in [-0.25, -0.2) is 4.98 Å². The number of para-hydroxylation sites is 1. The van der Waals surface area contributed by atoms with Gasteiger partial charge in [-0.2, -0.15) is 12.1 Å². The molecule has 0 amide bonds. The number of rotatable bonds is 9. The molecule has 0 radical (unpaired) electrons. The van der Waals surface area contributed by atoms with Gasteiger partial charge in [0.2, 0.25) is 0 Å². The molecule has 1 aliphatic heterocycles. The third-order valence-electron chi connectivity index (χ3n) is 12.9. The first-order valence-electron chi connectivity index (χ1n) is 21.8. The number of hydrogen-bond donors (Lipinski definition) is 0. The quantitative estimate of drug-likeness (QED) is 0.135. The number of nitrogens with zero attached hydrogens (tertiary/aromatic N) is 4. The van der Waals surface area contributed by atoms with Crippen LogP contribution in [0.1, 0.15) is 76.3 Å². The van der Waals surface area contributed by atoms with E-state index in [2.05, 4.69) is 233 Å². The van der Waals surface area contributed by atoms with E-state index in [1.54, 1.807) is 0 Å². The van der Waals surface area contributed by atoms with Crippen LogP contribution in [0.15, 0.2) is 176 Å². The number of aromatic nitrogens is 2. The van der Waals surface area contributed by atoms with Crippen LogP contribution in [-0.4, -0.2) is 9.55 Å². The molecule has 0 aliphatic carbocycles. The molecule has 0 N–H and O–H groups in total. The van der Waals surface area contributed by atoms with Crippen molar-refractivity contribution in [3.63, 3.8) is 0 Å². The predicted molar refractivity (Wildman–Crippen MR) is 260 cm³/mol. The van der Waals surface area contributed by atoms with Crippen LogP contribution in [0.4, 0.5) is 22.7 Å². The molecule has 9 aromatic rings. The van der Waals surface area contributed by atoms with E-state index in [0.717, 1.165) is 50.4 Å². The molecule has 0 saturated carbocycles. The van der Waals surface area contributed by atoms with Crippen molar-refractivity contribution in [2.24, 2.45) is 0 Å². The minimum Gasteiger partial charge on any atom is -0.509 e. The summed E-state index contributed by atoms with van der Waals surface area (Å²) in [6, 6.07) is 67.5. The topological polar surface area (TPSA) is 33.5 Å². The van der Waals surface area contributed by atoms with Gasteiger partial charge in [0.05, 0.1) is 0 Å². The number of ether oxygens (including phenoxy) is 1. The standard InChI is InChI=1S/C58H51N4O.Pt/c1-56(2,3)42-32-33-59-55(36-42)62-51-27-15-14-26-49(51)50-30-29-48(38-53(50)62)63-47-25-17-24-46(37-47)61-39-60(45-23-16-22-43(34-45)57(4,5)40-18-10-8-11-19-40)52-31-28-44(35-54(52)61)58(6,7)41-20-12-9-13-21-41;/h8-36,39H,1-7H3;/q-3;. The van der Waals surface area contributed by atoms with E-state index in [1.807, 2.05) is 24.4 Å². The monoisotopic (exact) mass is 1010 g/mol. The van der Waals surface area contributed by atoms with Crippen LogP contribution < -0.4 is 14.5 Å². The smallest absolute Gasteiger partial charge is 0.135 e. The van der Waals surface area contributed by atoms with E-state index in [9.17, 15) is 0 Å². The molecule has 6 heteroatoms. The Balaban J connectivity index is 0.00000518. The second kappa shape index (κ2) is 16.6. The molecular formula is C58H51N4OPt-3. The van der Waals surface area contributed by atoms with Crippen molar-refractivity contribution < 1.29 is 25.8 Å². The molecule has 0 fully saturated rings. The van der Waals surface area contributed by atoms with E-state index in [1.165, 1.54) is 27.8 Å². The second-order valence-corrected chi connectivity index (χ2v) is 18.7. The summed E-state index contributed by atoms with van der Waals surface area (Å²) in [7, 11) is 0. The van der Waals surface area contributed by atoms with Gasteiger partial charge in [0.1, 0.15) is 5.82 Å². The summed E-state index contributed by atoms with van der Waals surface area (Å²) in [5.74, 6) is 2.05. The van der Waals surface area contributed by atoms with Crippen molar-refractivity contribution in [3.8, 4) is 17.3 Å². The van der Waals surface area contributed by atoms with Gasteiger partial charge in [-0.3, -0.25) is 0 Å². The van der Waals surface area contributed by atoms with E-state index in [4.69, 9.17) is 9.72 Å². The Labute approximate surface area is 392 Å². The Bertz CT molecular complexity index is 3130. The summed E-state index contributed by atoms with van der Waals surface area (Å²) < 4.78 is 8.88. The number of benzene rings is 7. The van der Waals surface area contributed by atoms with Crippen LogP contribution in [0.25, 0.3) is 27.6 Å². The summed E-state index contributed by atoms with van der Waals surface area (Å²) in [6.45, 7) is 18.1. The summed E-state index contributed by atoms with van der Waals surface area (Å²) >= 11 is 0. The molecule has 2 aromatic heterocycles. The summed E-state index contributed by atoms with van der Waals surface area (Å²) in [6.07, 6.45) is 1.90. The van der Waals surface area contributed by atoms with Gasteiger partial charge >= 0.3 is 0 Å². The van der Waals surface area contributed by atoms with Crippen molar-refractivity contribution in [2.75, 3.05) is 9.80 Å². The Morgan fingerprint density at radius 3 is 1.86 bits per heavy atom. The Morgan fingerprint density at radius 2 is 1.14 bits per heavy atom. The van der Waals surface area contributed by atoms with Crippen molar-refractivity contribution in [1.29, 1.82) is 0 Å². The number of pyridine rings is 1. The fourth-order valence-corrected chi connectivity index (χ4v) is 8.97. The zero-order chi connectivity index (χ0) is 43.5. The van der Waals surface area contributed by atoms with E-state index < -0.39 is 0 Å². The summed E-state index contributed by atoms with van der Waals surface area (Å²) in [5.41, 5.74) is 11.9. The molecule has 5 nitrogen and oxygen atoms in total. The van der Waals surface area contributed by atoms with Gasteiger partial charge in [-0.1, -0.05) is 151 Å². The molecule has 0 saturated heterocycles.